The van der Waals surface area contributed by atoms with Crippen LogP contribution in [0.1, 0.15) is 91.4 Å². The van der Waals surface area contributed by atoms with Crippen molar-refractivity contribution >= 4 is 0 Å². The summed E-state index contributed by atoms with van der Waals surface area (Å²) in [5.41, 5.74) is 5.11. The Hall–Kier alpha value is -1.16. The second-order valence-corrected chi connectivity index (χ2v) is 11.7. The lowest BCUT2D eigenvalue weighted by Gasteiger charge is -2.43. The Labute approximate surface area is 188 Å². The van der Waals surface area contributed by atoms with Crippen molar-refractivity contribution in [3.8, 4) is 0 Å². The summed E-state index contributed by atoms with van der Waals surface area (Å²) in [7, 11) is 0. The van der Waals surface area contributed by atoms with E-state index in [1.807, 2.05) is 13.8 Å². The van der Waals surface area contributed by atoms with Crippen LogP contribution in [0.3, 0.4) is 0 Å². The van der Waals surface area contributed by atoms with E-state index >= 15 is 0 Å². The summed E-state index contributed by atoms with van der Waals surface area (Å²) in [5, 5.41) is 30.3. The molecule has 3 nitrogen and oxygen atoms in total. The third-order valence-electron chi connectivity index (χ3n) is 8.68. The van der Waals surface area contributed by atoms with Crippen molar-refractivity contribution < 1.29 is 15.3 Å². The second kappa shape index (κ2) is 8.32. The van der Waals surface area contributed by atoms with Gasteiger partial charge in [-0.1, -0.05) is 42.9 Å². The van der Waals surface area contributed by atoms with Crippen molar-refractivity contribution in [3.63, 3.8) is 0 Å². The van der Waals surface area contributed by atoms with Crippen molar-refractivity contribution in [1.29, 1.82) is 0 Å². The monoisotopic (exact) mass is 426 g/mol. The first-order valence-electron chi connectivity index (χ1n) is 12.4. The van der Waals surface area contributed by atoms with Crippen LogP contribution in [-0.4, -0.2) is 33.1 Å². The van der Waals surface area contributed by atoms with Crippen molar-refractivity contribution in [2.75, 3.05) is 0 Å². The molecular weight excluding hydrogens is 384 g/mol. The summed E-state index contributed by atoms with van der Waals surface area (Å²) in [6.45, 7) is 10.4. The first-order chi connectivity index (χ1) is 14.5. The molecule has 0 amide bonds. The molecule has 0 aromatic carbocycles. The second-order valence-electron chi connectivity index (χ2n) is 11.7. The maximum Gasteiger partial charge on any atom is 0.0811 e. The fourth-order valence-electron chi connectivity index (χ4n) is 6.77. The zero-order valence-electron chi connectivity index (χ0n) is 19.8. The molecule has 0 spiro atoms. The van der Waals surface area contributed by atoms with Gasteiger partial charge in [-0.05, 0) is 106 Å². The molecule has 0 radical (unpaired) electrons. The van der Waals surface area contributed by atoms with Crippen LogP contribution in [0.15, 0.2) is 47.1 Å². The molecule has 0 bridgehead atoms. The van der Waals surface area contributed by atoms with E-state index in [1.54, 1.807) is 5.57 Å². The van der Waals surface area contributed by atoms with E-state index in [2.05, 4.69) is 31.7 Å². The molecule has 0 unspecified atom stereocenters. The number of fused-ring (bicyclic) bond motifs is 1. The number of hydrogen-bond donors (Lipinski definition) is 3. The highest BCUT2D eigenvalue weighted by Crippen LogP contribution is 2.67. The summed E-state index contributed by atoms with van der Waals surface area (Å²) in [4.78, 5) is 0. The summed E-state index contributed by atoms with van der Waals surface area (Å²) < 4.78 is 0. The van der Waals surface area contributed by atoms with Crippen LogP contribution in [-0.2, 0) is 0 Å². The standard InChI is InChI=1S/C28H42O3/c1-19-21(17-22(29)18-24(19)30)9-8-20-7-5-13-27(4)23(20)10-11-25(27)28(15-16-28)14-6-12-26(2,3)31/h8-9,11,22-24,29-31H,1,5-7,10,12-18H2,2-4H3/b20-8+,21-9-/t22-,23-,24-,27-/m0/s1. The summed E-state index contributed by atoms with van der Waals surface area (Å²) in [5.74, 6) is 0.576. The van der Waals surface area contributed by atoms with Gasteiger partial charge in [-0.25, -0.2) is 0 Å². The van der Waals surface area contributed by atoms with Crippen molar-refractivity contribution in [2.45, 2.75) is 109 Å². The minimum Gasteiger partial charge on any atom is -0.393 e. The van der Waals surface area contributed by atoms with Crippen molar-refractivity contribution in [2.24, 2.45) is 16.7 Å². The zero-order valence-corrected chi connectivity index (χ0v) is 19.8. The highest BCUT2D eigenvalue weighted by molar-refractivity contribution is 5.42. The molecule has 31 heavy (non-hydrogen) atoms. The average molecular weight is 427 g/mol. The molecular formula is C28H42O3. The summed E-state index contributed by atoms with van der Waals surface area (Å²) >= 11 is 0. The Morgan fingerprint density at radius 2 is 1.94 bits per heavy atom. The Bertz CT molecular complexity index is 805. The van der Waals surface area contributed by atoms with Gasteiger partial charge in [0.25, 0.3) is 0 Å². The number of aliphatic hydroxyl groups excluding tert-OH is 2. The van der Waals surface area contributed by atoms with Gasteiger partial charge in [0.05, 0.1) is 17.8 Å². The van der Waals surface area contributed by atoms with Crippen LogP contribution >= 0.6 is 0 Å². The van der Waals surface area contributed by atoms with E-state index in [4.69, 9.17) is 0 Å². The molecule has 3 saturated carbocycles. The van der Waals surface area contributed by atoms with Crippen LogP contribution in [0.5, 0.6) is 0 Å². The van der Waals surface area contributed by atoms with E-state index in [1.165, 1.54) is 37.7 Å². The highest BCUT2D eigenvalue weighted by atomic mass is 16.3. The lowest BCUT2D eigenvalue weighted by molar-refractivity contribution is 0.0663. The molecule has 172 valence electrons. The van der Waals surface area contributed by atoms with E-state index < -0.39 is 17.8 Å². The first kappa shape index (κ1) is 23.0. The smallest absolute Gasteiger partial charge is 0.0811 e. The van der Waals surface area contributed by atoms with Gasteiger partial charge in [-0.3, -0.25) is 0 Å². The van der Waals surface area contributed by atoms with Gasteiger partial charge >= 0.3 is 0 Å². The molecule has 4 aliphatic carbocycles. The molecule has 0 aromatic heterocycles. The number of hydrogen-bond acceptors (Lipinski definition) is 3. The molecule has 0 heterocycles. The fourth-order valence-corrected chi connectivity index (χ4v) is 6.77. The largest absolute Gasteiger partial charge is 0.393 e. The third kappa shape index (κ3) is 4.65. The first-order valence-corrected chi connectivity index (χ1v) is 12.4. The number of allylic oxidation sites excluding steroid dienone is 5. The normalized spacial score (nSPS) is 37.8. The van der Waals surface area contributed by atoms with Gasteiger partial charge < -0.3 is 15.3 Å². The van der Waals surface area contributed by atoms with Crippen molar-refractivity contribution in [1.82, 2.24) is 0 Å². The lowest BCUT2D eigenvalue weighted by Crippen LogP contribution is -2.33. The maximum atomic E-state index is 10.2. The van der Waals surface area contributed by atoms with E-state index in [0.717, 1.165) is 36.8 Å². The Morgan fingerprint density at radius 1 is 1.19 bits per heavy atom. The molecule has 3 N–H and O–H groups in total. The minimum atomic E-state index is -0.622. The van der Waals surface area contributed by atoms with Crippen LogP contribution in [0, 0.1) is 16.7 Å². The van der Waals surface area contributed by atoms with E-state index in [9.17, 15) is 15.3 Å². The molecule has 4 atom stereocenters. The number of aliphatic hydroxyl groups is 3. The SMILES string of the molecule is C=C1/C(=C\C=C2/CCC[C@]3(C)C(C4(CCCC(C)(C)O)CC4)=CC[C@@H]23)C[C@H](O)C[C@@H]1O. The van der Waals surface area contributed by atoms with E-state index in [-0.39, 0.29) is 5.41 Å². The topological polar surface area (TPSA) is 60.7 Å². The summed E-state index contributed by atoms with van der Waals surface area (Å²) in [6, 6.07) is 0. The molecule has 0 saturated heterocycles. The maximum absolute atomic E-state index is 10.2. The van der Waals surface area contributed by atoms with Crippen molar-refractivity contribution in [3.05, 3.63) is 47.1 Å². The third-order valence-corrected chi connectivity index (χ3v) is 8.68. The number of rotatable bonds is 6. The van der Waals surface area contributed by atoms with E-state index in [0.29, 0.717) is 24.2 Å². The molecule has 0 aliphatic heterocycles. The van der Waals surface area contributed by atoms with Gasteiger partial charge in [0.2, 0.25) is 0 Å². The van der Waals surface area contributed by atoms with Gasteiger partial charge in [0.15, 0.2) is 0 Å². The van der Waals surface area contributed by atoms with Gasteiger partial charge in [-0.2, -0.15) is 0 Å². The van der Waals surface area contributed by atoms with Crippen LogP contribution in [0.2, 0.25) is 0 Å². The van der Waals surface area contributed by atoms with Crippen LogP contribution in [0.4, 0.5) is 0 Å². The molecule has 3 heteroatoms. The van der Waals surface area contributed by atoms with Crippen LogP contribution < -0.4 is 0 Å². The molecule has 4 rings (SSSR count). The summed E-state index contributed by atoms with van der Waals surface area (Å²) in [6.07, 6.45) is 17.5. The Morgan fingerprint density at radius 3 is 2.61 bits per heavy atom. The molecule has 0 aromatic rings. The van der Waals surface area contributed by atoms with Crippen LogP contribution in [0.25, 0.3) is 0 Å². The average Bonchev–Trinajstić information content (AvgIpc) is 3.35. The zero-order chi connectivity index (χ0) is 22.4. The molecule has 4 aliphatic rings. The Kier molecular flexibility index (Phi) is 6.17. The fraction of sp³-hybridized carbons (Fsp3) is 0.714. The quantitative estimate of drug-likeness (QED) is 0.473. The minimum absolute atomic E-state index is 0.260. The Balaban J connectivity index is 1.49. The predicted octanol–water partition coefficient (Wildman–Crippen LogP) is 5.77. The van der Waals surface area contributed by atoms with Gasteiger partial charge in [0.1, 0.15) is 0 Å². The van der Waals surface area contributed by atoms with Gasteiger partial charge in [-0.15, -0.1) is 0 Å². The lowest BCUT2D eigenvalue weighted by atomic mass is 9.61. The highest BCUT2D eigenvalue weighted by Gasteiger charge is 2.56. The molecule has 3 fully saturated rings. The predicted molar refractivity (Wildman–Crippen MR) is 127 cm³/mol. The van der Waals surface area contributed by atoms with Gasteiger partial charge in [0, 0.05) is 6.42 Å².